The molecule has 2 bridgehead atoms. The van der Waals surface area contributed by atoms with Crippen molar-refractivity contribution >= 4 is 23.6 Å². The van der Waals surface area contributed by atoms with E-state index in [0.29, 0.717) is 25.0 Å². The van der Waals surface area contributed by atoms with Crippen LogP contribution in [0.1, 0.15) is 19.3 Å². The van der Waals surface area contributed by atoms with Crippen LogP contribution in [-0.4, -0.2) is 77.8 Å². The van der Waals surface area contributed by atoms with Crippen LogP contribution in [0, 0.1) is 17.7 Å². The number of hydrogen-bond acceptors (Lipinski definition) is 4. The third-order valence-corrected chi connectivity index (χ3v) is 5.96. The van der Waals surface area contributed by atoms with E-state index in [1.165, 1.54) is 12.1 Å². The van der Waals surface area contributed by atoms with Gasteiger partial charge in [-0.1, -0.05) is 12.1 Å². The van der Waals surface area contributed by atoms with E-state index < -0.39 is 18.0 Å². The molecule has 3 aliphatic rings. The van der Waals surface area contributed by atoms with Gasteiger partial charge in [0, 0.05) is 38.8 Å². The number of benzene rings is 1. The van der Waals surface area contributed by atoms with Crippen molar-refractivity contribution in [2.75, 3.05) is 38.0 Å². The third kappa shape index (κ3) is 6.56. The molecule has 0 aliphatic carbocycles. The number of amides is 3. The molecule has 3 unspecified atom stereocenters. The molecule has 3 fully saturated rings. The highest BCUT2D eigenvalue weighted by atomic mass is 19.4. The molecule has 12 heteroatoms. The minimum Gasteiger partial charge on any atom is -0.475 e. The van der Waals surface area contributed by atoms with Crippen LogP contribution in [0.25, 0.3) is 0 Å². The van der Waals surface area contributed by atoms with Crippen molar-refractivity contribution in [1.29, 1.82) is 0 Å². The molecule has 0 spiro atoms. The summed E-state index contributed by atoms with van der Waals surface area (Å²) in [6.45, 7) is 3.58. The van der Waals surface area contributed by atoms with Gasteiger partial charge in [0.2, 0.25) is 5.91 Å². The fraction of sp³-hybridized carbons (Fsp3) is 0.571. The number of carboxylic acids is 1. The van der Waals surface area contributed by atoms with Gasteiger partial charge in [-0.3, -0.25) is 4.79 Å². The highest BCUT2D eigenvalue weighted by molar-refractivity contribution is 5.90. The molecule has 3 atom stereocenters. The lowest BCUT2D eigenvalue weighted by Gasteiger charge is -2.37. The molecule has 1 aromatic carbocycles. The first-order valence-corrected chi connectivity index (χ1v) is 10.7. The number of para-hydroxylation sites is 1. The van der Waals surface area contributed by atoms with Crippen LogP contribution in [0.3, 0.4) is 0 Å². The molecule has 0 saturated carbocycles. The summed E-state index contributed by atoms with van der Waals surface area (Å²) in [5.41, 5.74) is 0.171. The van der Waals surface area contributed by atoms with Gasteiger partial charge < -0.3 is 25.5 Å². The van der Waals surface area contributed by atoms with E-state index in [0.717, 1.165) is 38.9 Å². The van der Waals surface area contributed by atoms with Gasteiger partial charge in [-0.25, -0.2) is 14.0 Å². The molecular formula is C21H26F4N4O4. The average Bonchev–Trinajstić information content (AvgIpc) is 3.12. The van der Waals surface area contributed by atoms with Crippen LogP contribution in [0.5, 0.6) is 0 Å². The first-order chi connectivity index (χ1) is 15.5. The summed E-state index contributed by atoms with van der Waals surface area (Å²) in [6, 6.07) is 6.20. The van der Waals surface area contributed by atoms with E-state index in [1.54, 1.807) is 17.0 Å². The second kappa shape index (κ2) is 10.4. The fourth-order valence-corrected chi connectivity index (χ4v) is 4.39. The largest absolute Gasteiger partial charge is 0.490 e. The van der Waals surface area contributed by atoms with Crippen molar-refractivity contribution in [1.82, 2.24) is 15.1 Å². The lowest BCUT2D eigenvalue weighted by atomic mass is 9.93. The van der Waals surface area contributed by atoms with Crippen molar-refractivity contribution in [2.24, 2.45) is 11.8 Å². The molecule has 4 rings (SSSR count). The number of alkyl halides is 3. The van der Waals surface area contributed by atoms with Gasteiger partial charge in [-0.2, -0.15) is 13.2 Å². The van der Waals surface area contributed by atoms with Crippen LogP contribution in [0.4, 0.5) is 28.0 Å². The molecule has 1 aromatic rings. The highest BCUT2D eigenvalue weighted by Gasteiger charge is 2.39. The maximum atomic E-state index is 13.7. The minimum absolute atomic E-state index is 0.159. The van der Waals surface area contributed by atoms with Crippen molar-refractivity contribution in [3.63, 3.8) is 0 Å². The van der Waals surface area contributed by atoms with E-state index >= 15 is 0 Å². The van der Waals surface area contributed by atoms with Gasteiger partial charge >= 0.3 is 18.2 Å². The van der Waals surface area contributed by atoms with Gasteiger partial charge in [0.25, 0.3) is 0 Å². The number of piperidine rings is 2. The highest BCUT2D eigenvalue weighted by Crippen LogP contribution is 2.26. The predicted octanol–water partition coefficient (Wildman–Crippen LogP) is 2.52. The lowest BCUT2D eigenvalue weighted by Crippen LogP contribution is -2.51. The number of halogens is 4. The zero-order valence-electron chi connectivity index (χ0n) is 17.8. The van der Waals surface area contributed by atoms with Crippen molar-refractivity contribution in [3.8, 4) is 0 Å². The molecule has 8 nitrogen and oxygen atoms in total. The van der Waals surface area contributed by atoms with E-state index in [2.05, 4.69) is 10.6 Å². The van der Waals surface area contributed by atoms with E-state index in [9.17, 15) is 27.2 Å². The quantitative estimate of drug-likeness (QED) is 0.572. The number of aliphatic carboxylic acids is 1. The molecule has 0 aromatic heterocycles. The molecule has 3 N–H and O–H groups in total. The number of likely N-dealkylation sites (tertiary alicyclic amines) is 2. The first-order valence-electron chi connectivity index (χ1n) is 10.7. The maximum Gasteiger partial charge on any atom is 0.490 e. The fourth-order valence-electron chi connectivity index (χ4n) is 4.39. The summed E-state index contributed by atoms with van der Waals surface area (Å²) in [4.78, 5) is 37.9. The first kappa shape index (κ1) is 24.7. The van der Waals surface area contributed by atoms with Crippen LogP contribution >= 0.6 is 0 Å². The molecule has 3 saturated heterocycles. The SMILES string of the molecule is O=C(Nc1ccccc1F)N1CCCC(C(=O)N2CC3CNC(C3)C2)C1.O=C(O)C(F)(F)F. The maximum absolute atomic E-state index is 13.7. The number of rotatable bonds is 2. The number of nitrogens with zero attached hydrogens (tertiary/aromatic N) is 2. The normalized spacial score (nSPS) is 24.5. The predicted molar refractivity (Wildman–Crippen MR) is 110 cm³/mol. The third-order valence-electron chi connectivity index (χ3n) is 5.96. The summed E-state index contributed by atoms with van der Waals surface area (Å²) >= 11 is 0. The Morgan fingerprint density at radius 2 is 1.79 bits per heavy atom. The average molecular weight is 474 g/mol. The second-order valence-corrected chi connectivity index (χ2v) is 8.45. The Hall–Kier alpha value is -2.89. The Bertz CT molecular complexity index is 870. The van der Waals surface area contributed by atoms with Crippen molar-refractivity contribution in [3.05, 3.63) is 30.1 Å². The van der Waals surface area contributed by atoms with Crippen LogP contribution in [-0.2, 0) is 9.59 Å². The summed E-state index contributed by atoms with van der Waals surface area (Å²) in [5.74, 6) is -2.66. The standard InChI is InChI=1S/C19H25FN4O2.C2HF3O2/c20-16-5-1-2-6-17(16)22-19(26)23-7-3-4-14(11-23)18(25)24-10-13-8-15(12-24)21-9-13;3-2(4,5)1(6)7/h1-2,5-6,13-15,21H,3-4,7-12H2,(H,22,26);(H,6,7). The zero-order chi connectivity index (χ0) is 24.2. The summed E-state index contributed by atoms with van der Waals surface area (Å²) < 4.78 is 45.5. The number of urea groups is 1. The number of carbonyl (C=O) groups is 3. The van der Waals surface area contributed by atoms with Crippen LogP contribution in [0.2, 0.25) is 0 Å². The number of anilines is 1. The second-order valence-electron chi connectivity index (χ2n) is 8.45. The number of carboxylic acid groups (broad SMARTS) is 1. The molecular weight excluding hydrogens is 448 g/mol. The van der Waals surface area contributed by atoms with Gasteiger partial charge in [-0.05, 0) is 37.3 Å². The Labute approximate surface area is 187 Å². The number of hydrogen-bond donors (Lipinski definition) is 3. The summed E-state index contributed by atoms with van der Waals surface area (Å²) in [6.07, 6.45) is -2.33. The van der Waals surface area contributed by atoms with E-state index in [1.807, 2.05) is 4.90 Å². The molecule has 182 valence electrons. The Morgan fingerprint density at radius 1 is 1.09 bits per heavy atom. The monoisotopic (exact) mass is 474 g/mol. The van der Waals surface area contributed by atoms with Crippen LogP contribution < -0.4 is 10.6 Å². The zero-order valence-corrected chi connectivity index (χ0v) is 17.8. The molecule has 3 heterocycles. The van der Waals surface area contributed by atoms with Crippen molar-refractivity contribution in [2.45, 2.75) is 31.5 Å². The van der Waals surface area contributed by atoms with Crippen LogP contribution in [0.15, 0.2) is 24.3 Å². The number of nitrogens with one attached hydrogen (secondary N) is 2. The van der Waals surface area contributed by atoms with E-state index in [4.69, 9.17) is 9.90 Å². The molecule has 3 amide bonds. The van der Waals surface area contributed by atoms with E-state index in [-0.39, 0.29) is 23.5 Å². The lowest BCUT2D eigenvalue weighted by molar-refractivity contribution is -0.192. The van der Waals surface area contributed by atoms with Crippen molar-refractivity contribution < 1.29 is 37.1 Å². The summed E-state index contributed by atoms with van der Waals surface area (Å²) in [7, 11) is 0. The molecule has 33 heavy (non-hydrogen) atoms. The number of fused-ring (bicyclic) bond motifs is 2. The van der Waals surface area contributed by atoms with Gasteiger partial charge in [0.1, 0.15) is 5.82 Å². The smallest absolute Gasteiger partial charge is 0.475 e. The summed E-state index contributed by atoms with van der Waals surface area (Å²) in [5, 5.41) is 13.2. The topological polar surface area (TPSA) is 102 Å². The Kier molecular flexibility index (Phi) is 7.77. The Balaban J connectivity index is 0.000000383. The molecule has 0 radical (unpaired) electrons. The van der Waals surface area contributed by atoms with Gasteiger partial charge in [0.15, 0.2) is 0 Å². The minimum atomic E-state index is -5.08. The number of carbonyl (C=O) groups excluding carboxylic acids is 2. The Morgan fingerprint density at radius 3 is 2.42 bits per heavy atom. The van der Waals surface area contributed by atoms with Gasteiger partial charge in [0.05, 0.1) is 11.6 Å². The van der Waals surface area contributed by atoms with Gasteiger partial charge in [-0.15, -0.1) is 0 Å². The molecule has 3 aliphatic heterocycles.